The van der Waals surface area contributed by atoms with Crippen LogP contribution in [0.2, 0.25) is 0 Å². The van der Waals surface area contributed by atoms with E-state index >= 15 is 0 Å². The van der Waals surface area contributed by atoms with Crippen molar-refractivity contribution in [2.75, 3.05) is 0 Å². The summed E-state index contributed by atoms with van der Waals surface area (Å²) in [6.45, 7) is 2.19. The van der Waals surface area contributed by atoms with E-state index in [2.05, 4.69) is 6.92 Å². The van der Waals surface area contributed by atoms with Gasteiger partial charge in [-0.25, -0.2) is 4.39 Å². The average molecular weight is 208 g/mol. The first kappa shape index (κ1) is 10.6. The molecule has 0 aliphatic heterocycles. The largest absolute Gasteiger partial charge is 0.388 e. The molecule has 0 saturated heterocycles. The Bertz CT molecular complexity index is 337. The van der Waals surface area contributed by atoms with Crippen molar-refractivity contribution in [3.63, 3.8) is 0 Å². The minimum atomic E-state index is -0.629. The highest BCUT2D eigenvalue weighted by atomic mass is 19.1. The molecule has 0 bridgehead atoms. The number of halogens is 1. The molecule has 1 saturated carbocycles. The highest BCUT2D eigenvalue weighted by Gasteiger charge is 2.29. The molecule has 0 amide bonds. The molecule has 1 aliphatic rings. The first-order valence-corrected chi connectivity index (χ1v) is 5.61. The van der Waals surface area contributed by atoms with Gasteiger partial charge < -0.3 is 5.11 Å². The summed E-state index contributed by atoms with van der Waals surface area (Å²) in [6, 6.07) is 6.53. The van der Waals surface area contributed by atoms with Crippen molar-refractivity contribution >= 4 is 0 Å². The number of rotatable bonds is 2. The van der Waals surface area contributed by atoms with Gasteiger partial charge in [-0.05, 0) is 30.7 Å². The fourth-order valence-electron chi connectivity index (χ4n) is 2.51. The highest BCUT2D eigenvalue weighted by molar-refractivity contribution is 5.20. The third kappa shape index (κ3) is 2.20. The second-order valence-electron chi connectivity index (χ2n) is 4.64. The Balaban J connectivity index is 2.14. The van der Waals surface area contributed by atoms with Crippen molar-refractivity contribution in [1.29, 1.82) is 0 Å². The van der Waals surface area contributed by atoms with E-state index in [0.29, 0.717) is 11.5 Å². The molecule has 1 aromatic carbocycles. The molecule has 1 N–H and O–H groups in total. The van der Waals surface area contributed by atoms with Crippen LogP contribution in [0.3, 0.4) is 0 Å². The van der Waals surface area contributed by atoms with E-state index in [1.807, 2.05) is 0 Å². The fourth-order valence-corrected chi connectivity index (χ4v) is 2.51. The Morgan fingerprint density at radius 3 is 2.67 bits per heavy atom. The van der Waals surface area contributed by atoms with Gasteiger partial charge in [0.05, 0.1) is 6.10 Å². The van der Waals surface area contributed by atoms with Crippen LogP contribution in [0.25, 0.3) is 0 Å². The molecule has 82 valence electrons. The zero-order chi connectivity index (χ0) is 10.8. The summed E-state index contributed by atoms with van der Waals surface area (Å²) in [5.74, 6) is 0.609. The van der Waals surface area contributed by atoms with E-state index in [-0.39, 0.29) is 11.7 Å². The maximum atomic E-state index is 13.4. The molecule has 0 heterocycles. The van der Waals surface area contributed by atoms with Crippen LogP contribution in [0, 0.1) is 17.7 Å². The second kappa shape index (κ2) is 4.31. The predicted molar refractivity (Wildman–Crippen MR) is 57.9 cm³/mol. The van der Waals surface area contributed by atoms with Crippen LogP contribution in [-0.4, -0.2) is 5.11 Å². The van der Waals surface area contributed by atoms with Gasteiger partial charge in [-0.1, -0.05) is 31.5 Å². The van der Waals surface area contributed by atoms with Gasteiger partial charge in [0, 0.05) is 5.56 Å². The quantitative estimate of drug-likeness (QED) is 0.790. The molecule has 1 nitrogen and oxygen atoms in total. The van der Waals surface area contributed by atoms with E-state index in [9.17, 15) is 9.50 Å². The average Bonchev–Trinajstić information content (AvgIpc) is 2.65. The lowest BCUT2D eigenvalue weighted by molar-refractivity contribution is 0.106. The van der Waals surface area contributed by atoms with Crippen LogP contribution in [0.1, 0.15) is 37.9 Å². The Hall–Kier alpha value is -0.890. The first-order valence-electron chi connectivity index (χ1n) is 5.61. The number of hydrogen-bond acceptors (Lipinski definition) is 1. The van der Waals surface area contributed by atoms with Crippen LogP contribution < -0.4 is 0 Å². The van der Waals surface area contributed by atoms with Crippen LogP contribution in [0.4, 0.5) is 4.39 Å². The van der Waals surface area contributed by atoms with Crippen LogP contribution in [-0.2, 0) is 0 Å². The second-order valence-corrected chi connectivity index (χ2v) is 4.64. The van der Waals surface area contributed by atoms with Gasteiger partial charge in [-0.3, -0.25) is 0 Å². The topological polar surface area (TPSA) is 20.2 Å². The molecule has 15 heavy (non-hydrogen) atoms. The van der Waals surface area contributed by atoms with E-state index < -0.39 is 6.10 Å². The Morgan fingerprint density at radius 2 is 2.07 bits per heavy atom. The van der Waals surface area contributed by atoms with Gasteiger partial charge in [0.15, 0.2) is 0 Å². The molecule has 1 aromatic rings. The number of hydrogen-bond donors (Lipinski definition) is 1. The lowest BCUT2D eigenvalue weighted by Crippen LogP contribution is -2.11. The Kier molecular flexibility index (Phi) is 3.06. The summed E-state index contributed by atoms with van der Waals surface area (Å²) in [4.78, 5) is 0. The smallest absolute Gasteiger partial charge is 0.129 e. The van der Waals surface area contributed by atoms with E-state index in [1.165, 1.54) is 6.07 Å². The summed E-state index contributed by atoms with van der Waals surface area (Å²) >= 11 is 0. The van der Waals surface area contributed by atoms with Gasteiger partial charge in [0.2, 0.25) is 0 Å². The highest BCUT2D eigenvalue weighted by Crippen LogP contribution is 2.39. The van der Waals surface area contributed by atoms with Crippen molar-refractivity contribution < 1.29 is 9.50 Å². The van der Waals surface area contributed by atoms with Gasteiger partial charge in [0.25, 0.3) is 0 Å². The maximum absolute atomic E-state index is 13.4. The molecule has 0 spiro atoms. The first-order chi connectivity index (χ1) is 7.18. The molecule has 2 heteroatoms. The predicted octanol–water partition coefficient (Wildman–Crippen LogP) is 3.30. The van der Waals surface area contributed by atoms with E-state index in [4.69, 9.17) is 0 Å². The molecule has 0 radical (unpaired) electrons. The van der Waals surface area contributed by atoms with Gasteiger partial charge in [0.1, 0.15) is 5.82 Å². The third-order valence-corrected chi connectivity index (χ3v) is 3.41. The molecule has 3 atom stereocenters. The van der Waals surface area contributed by atoms with Crippen molar-refractivity contribution in [3.05, 3.63) is 35.6 Å². The van der Waals surface area contributed by atoms with Crippen molar-refractivity contribution in [2.24, 2.45) is 11.8 Å². The number of aliphatic hydroxyl groups is 1. The minimum Gasteiger partial charge on any atom is -0.388 e. The van der Waals surface area contributed by atoms with Gasteiger partial charge in [-0.2, -0.15) is 0 Å². The maximum Gasteiger partial charge on any atom is 0.129 e. The minimum absolute atomic E-state index is 0.233. The van der Waals surface area contributed by atoms with E-state index in [0.717, 1.165) is 19.3 Å². The molecule has 1 aliphatic carbocycles. The molecule has 3 unspecified atom stereocenters. The van der Waals surface area contributed by atoms with Gasteiger partial charge in [-0.15, -0.1) is 0 Å². The molecule has 2 rings (SSSR count). The zero-order valence-electron chi connectivity index (χ0n) is 8.99. The summed E-state index contributed by atoms with van der Waals surface area (Å²) in [6.07, 6.45) is 2.54. The lowest BCUT2D eigenvalue weighted by Gasteiger charge is -2.18. The summed E-state index contributed by atoms with van der Waals surface area (Å²) in [5, 5.41) is 10.1. The van der Waals surface area contributed by atoms with Crippen LogP contribution >= 0.6 is 0 Å². The fraction of sp³-hybridized carbons (Fsp3) is 0.538. The molecule has 1 fully saturated rings. The monoisotopic (exact) mass is 208 g/mol. The molecular formula is C13H17FO. The van der Waals surface area contributed by atoms with Gasteiger partial charge >= 0.3 is 0 Å². The number of aliphatic hydroxyl groups excluding tert-OH is 1. The SMILES string of the molecule is CC1CCC(C(O)c2ccccc2F)C1. The Morgan fingerprint density at radius 1 is 1.33 bits per heavy atom. The van der Waals surface area contributed by atoms with E-state index in [1.54, 1.807) is 18.2 Å². The normalized spacial score (nSPS) is 27.9. The summed E-state index contributed by atoms with van der Waals surface area (Å²) in [7, 11) is 0. The third-order valence-electron chi connectivity index (χ3n) is 3.41. The lowest BCUT2D eigenvalue weighted by atomic mass is 9.93. The summed E-state index contributed by atoms with van der Waals surface area (Å²) < 4.78 is 13.4. The molecule has 0 aromatic heterocycles. The van der Waals surface area contributed by atoms with Crippen molar-refractivity contribution in [2.45, 2.75) is 32.3 Å². The van der Waals surface area contributed by atoms with Crippen LogP contribution in [0.15, 0.2) is 24.3 Å². The molecular weight excluding hydrogens is 191 g/mol. The number of benzene rings is 1. The summed E-state index contributed by atoms with van der Waals surface area (Å²) in [5.41, 5.74) is 0.455. The van der Waals surface area contributed by atoms with Crippen molar-refractivity contribution in [1.82, 2.24) is 0 Å². The van der Waals surface area contributed by atoms with Crippen molar-refractivity contribution in [3.8, 4) is 0 Å². The Labute approximate surface area is 89.9 Å². The standard InChI is InChI=1S/C13H17FO/c1-9-6-7-10(8-9)13(15)11-4-2-3-5-12(11)14/h2-5,9-10,13,15H,6-8H2,1H3. The van der Waals surface area contributed by atoms with Crippen LogP contribution in [0.5, 0.6) is 0 Å². The zero-order valence-corrected chi connectivity index (χ0v) is 8.99.